The Morgan fingerprint density at radius 1 is 0.521 bits per heavy atom. The molecule has 0 saturated heterocycles. The van der Waals surface area contributed by atoms with Gasteiger partial charge in [0.25, 0.3) is 0 Å². The summed E-state index contributed by atoms with van der Waals surface area (Å²) in [7, 11) is 9.37. The van der Waals surface area contributed by atoms with Crippen LogP contribution >= 0.6 is 0 Å². The highest BCUT2D eigenvalue weighted by Crippen LogP contribution is 2.39. The fourth-order valence-corrected chi connectivity index (χ4v) is 7.59. The molecule has 260 valence electrons. The Morgan fingerprint density at radius 3 is 1.17 bits per heavy atom. The Balaban J connectivity index is 0.000000188. The molecule has 2 aromatic carbocycles. The highest BCUT2D eigenvalue weighted by atomic mass is 16.5. The Hall–Kier alpha value is -4.08. The number of methoxy groups -OCH3 is 6. The second-order valence-electron chi connectivity index (χ2n) is 12.9. The summed E-state index contributed by atoms with van der Waals surface area (Å²) in [5.41, 5.74) is 6.43. The number of fused-ring (bicyclic) bond motifs is 2. The topological polar surface area (TPSA) is 114 Å². The van der Waals surface area contributed by atoms with Gasteiger partial charge in [0, 0.05) is 47.2 Å². The number of nitrogens with zero attached hydrogens (tertiary/aromatic N) is 2. The lowest BCUT2D eigenvalue weighted by atomic mass is 9.79. The molecular weight excluding hydrogens is 612 g/mol. The molecule has 0 spiro atoms. The van der Waals surface area contributed by atoms with Crippen molar-refractivity contribution in [3.05, 3.63) is 46.5 Å². The lowest BCUT2D eigenvalue weighted by Gasteiger charge is -2.30. The molecule has 0 bridgehead atoms. The molecule has 2 aliphatic heterocycles. The van der Waals surface area contributed by atoms with E-state index in [1.54, 1.807) is 28.4 Å². The summed E-state index contributed by atoms with van der Waals surface area (Å²) in [4.78, 5) is 33.8. The first-order valence-electron chi connectivity index (χ1n) is 17.2. The average molecular weight is 663 g/mol. The molecule has 0 aromatic heterocycles. The van der Waals surface area contributed by atoms with Gasteiger partial charge in [0.05, 0.1) is 42.7 Å². The molecule has 0 unspecified atom stereocenters. The number of carbonyl (C=O) groups is 2. The summed E-state index contributed by atoms with van der Waals surface area (Å²) in [6.07, 6.45) is 13.0. The Morgan fingerprint density at radius 2 is 0.854 bits per heavy atom. The number of aliphatic imine (C=N–C) groups is 2. The van der Waals surface area contributed by atoms with Gasteiger partial charge >= 0.3 is 11.9 Å². The van der Waals surface area contributed by atoms with Crippen molar-refractivity contribution in [2.24, 2.45) is 21.8 Å². The van der Waals surface area contributed by atoms with Crippen LogP contribution in [0.2, 0.25) is 0 Å². The van der Waals surface area contributed by atoms with Gasteiger partial charge in [-0.3, -0.25) is 9.98 Å². The van der Waals surface area contributed by atoms with Gasteiger partial charge in [0.15, 0.2) is 35.1 Å². The third-order valence-corrected chi connectivity index (χ3v) is 10.1. The summed E-state index contributed by atoms with van der Waals surface area (Å²) < 4.78 is 31.7. The van der Waals surface area contributed by atoms with Crippen LogP contribution in [-0.4, -0.2) is 78.1 Å². The van der Waals surface area contributed by atoms with Gasteiger partial charge in [0.1, 0.15) is 0 Å². The maximum absolute atomic E-state index is 12.1. The van der Waals surface area contributed by atoms with Crippen molar-refractivity contribution in [1.82, 2.24) is 0 Å². The van der Waals surface area contributed by atoms with E-state index in [0.29, 0.717) is 47.7 Å². The van der Waals surface area contributed by atoms with E-state index in [1.807, 2.05) is 24.3 Å². The van der Waals surface area contributed by atoms with E-state index >= 15 is 0 Å². The lowest BCUT2D eigenvalue weighted by molar-refractivity contribution is -0.142. The first-order valence-corrected chi connectivity index (χ1v) is 17.2. The highest BCUT2D eigenvalue weighted by Gasteiger charge is 2.34. The van der Waals surface area contributed by atoms with Gasteiger partial charge in [0.2, 0.25) is 0 Å². The molecule has 4 aliphatic rings. The van der Waals surface area contributed by atoms with Crippen LogP contribution in [0, 0.1) is 11.8 Å². The molecule has 2 atom stereocenters. The zero-order valence-corrected chi connectivity index (χ0v) is 29.3. The van der Waals surface area contributed by atoms with Crippen molar-refractivity contribution in [3.63, 3.8) is 0 Å². The number of rotatable bonds is 8. The molecule has 0 amide bonds. The third kappa shape index (κ3) is 7.63. The summed E-state index contributed by atoms with van der Waals surface area (Å²) in [5, 5.41) is 0. The predicted molar refractivity (Wildman–Crippen MR) is 184 cm³/mol. The molecule has 2 fully saturated rings. The molecule has 2 aliphatic carbocycles. The third-order valence-electron chi connectivity index (χ3n) is 10.1. The van der Waals surface area contributed by atoms with Crippen LogP contribution in [0.25, 0.3) is 0 Å². The van der Waals surface area contributed by atoms with Gasteiger partial charge in [-0.1, -0.05) is 38.5 Å². The minimum Gasteiger partial charge on any atom is -0.493 e. The molecule has 6 rings (SSSR count). The summed E-state index contributed by atoms with van der Waals surface area (Å²) in [5.74, 6) is 3.04. The van der Waals surface area contributed by atoms with Gasteiger partial charge < -0.3 is 28.4 Å². The smallest absolute Gasteiger partial charge is 0.330 e. The molecular formula is C38H50N2O8. The molecule has 0 radical (unpaired) electrons. The van der Waals surface area contributed by atoms with Crippen molar-refractivity contribution in [2.75, 3.05) is 42.7 Å². The van der Waals surface area contributed by atoms with Crippen LogP contribution in [0.15, 0.2) is 34.3 Å². The van der Waals surface area contributed by atoms with E-state index in [4.69, 9.17) is 38.4 Å². The van der Waals surface area contributed by atoms with Crippen LogP contribution in [0.5, 0.6) is 23.0 Å². The largest absolute Gasteiger partial charge is 0.493 e. The van der Waals surface area contributed by atoms with Crippen molar-refractivity contribution in [3.8, 4) is 23.0 Å². The zero-order valence-electron chi connectivity index (χ0n) is 29.3. The average Bonchev–Trinajstić information content (AvgIpc) is 3.15. The zero-order chi connectivity index (χ0) is 34.2. The van der Waals surface area contributed by atoms with E-state index in [2.05, 4.69) is 0 Å². The fourth-order valence-electron chi connectivity index (χ4n) is 7.59. The molecule has 10 nitrogen and oxygen atoms in total. The fraction of sp³-hybridized carbons (Fsp3) is 0.579. The Bertz CT molecular complexity index is 1410. The summed E-state index contributed by atoms with van der Waals surface area (Å²) >= 11 is 0. The predicted octanol–water partition coefficient (Wildman–Crippen LogP) is 6.34. The van der Waals surface area contributed by atoms with Crippen LogP contribution in [-0.2, 0) is 31.9 Å². The van der Waals surface area contributed by atoms with Crippen LogP contribution in [0.1, 0.15) is 86.5 Å². The van der Waals surface area contributed by atoms with Gasteiger partial charge in [-0.05, 0) is 61.1 Å². The maximum Gasteiger partial charge on any atom is 0.330 e. The Labute approximate surface area is 284 Å². The van der Waals surface area contributed by atoms with E-state index < -0.39 is 12.1 Å². The number of hydrogen-bond acceptors (Lipinski definition) is 10. The summed E-state index contributed by atoms with van der Waals surface area (Å²) in [6.45, 7) is 0. The normalized spacial score (nSPS) is 20.8. The quantitative estimate of drug-likeness (QED) is 0.301. The van der Waals surface area contributed by atoms with E-state index in [-0.39, 0.29) is 11.9 Å². The van der Waals surface area contributed by atoms with Crippen molar-refractivity contribution < 1.29 is 38.0 Å². The first kappa shape index (κ1) is 35.2. The standard InChI is InChI=1S/2C19H25NO4/c2*1-22-16-10-13-9-15(19(21)24-3)20-18(12-7-5-4-6-8-12)14(13)11-17(16)23-2/h2*10-12,15H,4-9H2,1-3H3/t2*15-/m10/s1. The van der Waals surface area contributed by atoms with Gasteiger partial charge in [-0.15, -0.1) is 0 Å². The second-order valence-corrected chi connectivity index (χ2v) is 12.9. The molecule has 2 heterocycles. The SMILES string of the molecule is COC(=O)[C@@H]1Cc2cc(OC)c(OC)cc2C(C2CCCCC2)=N1.COC(=O)[C@H]1Cc2cc(OC)c(OC)cc2C(C2CCCCC2)=N1. The number of ether oxygens (including phenoxy) is 6. The van der Waals surface area contributed by atoms with Crippen molar-refractivity contribution in [1.29, 1.82) is 0 Å². The Kier molecular flexibility index (Phi) is 12.0. The van der Waals surface area contributed by atoms with Crippen molar-refractivity contribution in [2.45, 2.75) is 89.1 Å². The first-order chi connectivity index (χ1) is 23.3. The number of carbonyl (C=O) groups excluding carboxylic acids is 2. The molecule has 48 heavy (non-hydrogen) atoms. The minimum atomic E-state index is -0.461. The monoisotopic (exact) mass is 662 g/mol. The highest BCUT2D eigenvalue weighted by molar-refractivity contribution is 6.07. The number of hydrogen-bond donors (Lipinski definition) is 0. The van der Waals surface area contributed by atoms with Crippen LogP contribution in [0.3, 0.4) is 0 Å². The molecule has 0 N–H and O–H groups in total. The molecule has 10 heteroatoms. The maximum atomic E-state index is 12.1. The van der Waals surface area contributed by atoms with E-state index in [0.717, 1.165) is 59.4 Å². The van der Waals surface area contributed by atoms with Crippen LogP contribution in [0.4, 0.5) is 0 Å². The van der Waals surface area contributed by atoms with Crippen LogP contribution < -0.4 is 18.9 Å². The van der Waals surface area contributed by atoms with Gasteiger partial charge in [-0.25, -0.2) is 9.59 Å². The minimum absolute atomic E-state index is 0.274. The van der Waals surface area contributed by atoms with E-state index in [1.165, 1.54) is 52.7 Å². The molecule has 2 saturated carbocycles. The van der Waals surface area contributed by atoms with Gasteiger partial charge in [-0.2, -0.15) is 0 Å². The van der Waals surface area contributed by atoms with E-state index in [9.17, 15) is 9.59 Å². The second kappa shape index (κ2) is 16.3. The number of esters is 2. The molecule has 2 aromatic rings. The number of benzene rings is 2. The lowest BCUT2D eigenvalue weighted by Crippen LogP contribution is -2.32. The van der Waals surface area contributed by atoms with Crippen molar-refractivity contribution >= 4 is 23.4 Å². The summed E-state index contributed by atoms with van der Waals surface area (Å²) in [6, 6.07) is 7.04.